The van der Waals surface area contributed by atoms with Crippen LogP contribution < -0.4 is 4.74 Å². The maximum atomic E-state index is 14.1. The van der Waals surface area contributed by atoms with Crippen molar-refractivity contribution in [3.05, 3.63) is 34.9 Å². The maximum absolute atomic E-state index is 14.1. The van der Waals surface area contributed by atoms with Crippen molar-refractivity contribution in [3.8, 4) is 5.75 Å². The molecular formula is C17H18F4O3. The van der Waals surface area contributed by atoms with Crippen LogP contribution in [0.3, 0.4) is 0 Å². The minimum atomic E-state index is -4.67. The van der Waals surface area contributed by atoms with Crippen LogP contribution in [0.4, 0.5) is 17.6 Å². The normalized spacial score (nSPS) is 18.5. The Bertz CT molecular complexity index is 697. The number of carboxylic acid groups (broad SMARTS) is 1. The van der Waals surface area contributed by atoms with E-state index in [0.29, 0.717) is 0 Å². The van der Waals surface area contributed by atoms with E-state index in [9.17, 15) is 22.4 Å². The van der Waals surface area contributed by atoms with Crippen LogP contribution in [-0.4, -0.2) is 29.0 Å². The van der Waals surface area contributed by atoms with Gasteiger partial charge in [0, 0.05) is 12.5 Å². The van der Waals surface area contributed by atoms with E-state index in [4.69, 9.17) is 9.84 Å². The van der Waals surface area contributed by atoms with Crippen molar-refractivity contribution in [2.75, 3.05) is 0 Å². The summed E-state index contributed by atoms with van der Waals surface area (Å²) in [5.74, 6) is -10.9. The van der Waals surface area contributed by atoms with Crippen molar-refractivity contribution in [2.45, 2.75) is 51.1 Å². The molecule has 0 fully saturated rings. The van der Waals surface area contributed by atoms with Crippen LogP contribution in [0.1, 0.15) is 38.8 Å². The molecule has 0 aromatic heterocycles. The van der Waals surface area contributed by atoms with Gasteiger partial charge in [0.05, 0.1) is 5.57 Å². The topological polar surface area (TPSA) is 46.5 Å². The molecule has 1 aliphatic rings. The molecule has 0 spiro atoms. The Labute approximate surface area is 136 Å². The molecule has 1 aliphatic heterocycles. The fraction of sp³-hybridized carbons (Fsp3) is 0.471. The molecule has 2 rings (SSSR count). The molecule has 3 nitrogen and oxygen atoms in total. The number of alkyl halides is 4. The zero-order valence-corrected chi connectivity index (χ0v) is 13.7. The van der Waals surface area contributed by atoms with Gasteiger partial charge in [0.25, 0.3) is 0 Å². The molecule has 0 amide bonds. The number of aliphatic carboxylic acids is 1. The molecule has 7 heteroatoms. The van der Waals surface area contributed by atoms with E-state index in [1.54, 1.807) is 6.07 Å². The second-order valence-electron chi connectivity index (χ2n) is 6.92. The molecule has 0 aliphatic carbocycles. The summed E-state index contributed by atoms with van der Waals surface area (Å²) in [5.41, 5.74) is -0.217. The standard InChI is InChI=1S/C17H18F4O3/c1-15(2,3)10-6-5-9-7-11(14(22)23)13(24-12(9)8-10)17(20,21)16(4,18)19/h5-8,13H,1-4H3,(H,22,23). The lowest BCUT2D eigenvalue weighted by Crippen LogP contribution is -2.53. The number of rotatable bonds is 3. The lowest BCUT2D eigenvalue weighted by Gasteiger charge is -2.34. The van der Waals surface area contributed by atoms with Gasteiger partial charge in [-0.05, 0) is 23.1 Å². The molecule has 0 saturated heterocycles. The highest BCUT2D eigenvalue weighted by atomic mass is 19.3. The number of halogens is 4. The number of hydrogen-bond acceptors (Lipinski definition) is 2. The number of benzene rings is 1. The van der Waals surface area contributed by atoms with E-state index >= 15 is 0 Å². The molecule has 1 N–H and O–H groups in total. The largest absolute Gasteiger partial charge is 0.478 e. The Kier molecular flexibility index (Phi) is 4.19. The Morgan fingerprint density at radius 3 is 2.17 bits per heavy atom. The lowest BCUT2D eigenvalue weighted by molar-refractivity contribution is -0.231. The van der Waals surface area contributed by atoms with Gasteiger partial charge in [-0.3, -0.25) is 0 Å². The zero-order chi connectivity index (χ0) is 18.5. The summed E-state index contributed by atoms with van der Waals surface area (Å²) in [7, 11) is 0. The number of ether oxygens (including phenoxy) is 1. The Morgan fingerprint density at radius 2 is 1.71 bits per heavy atom. The number of fused-ring (bicyclic) bond motifs is 1. The van der Waals surface area contributed by atoms with Gasteiger partial charge in [0.1, 0.15) is 5.75 Å². The van der Waals surface area contributed by atoms with Gasteiger partial charge < -0.3 is 9.84 Å². The summed E-state index contributed by atoms with van der Waals surface area (Å²) in [4.78, 5) is 11.2. The first kappa shape index (κ1) is 18.3. The van der Waals surface area contributed by atoms with Crippen molar-refractivity contribution in [3.63, 3.8) is 0 Å². The first-order valence-electron chi connectivity index (χ1n) is 7.27. The Hall–Kier alpha value is -2.05. The van der Waals surface area contributed by atoms with E-state index in [2.05, 4.69) is 0 Å². The zero-order valence-electron chi connectivity index (χ0n) is 13.7. The van der Waals surface area contributed by atoms with Crippen LogP contribution in [0.2, 0.25) is 0 Å². The quantitative estimate of drug-likeness (QED) is 0.820. The maximum Gasteiger partial charge on any atom is 0.350 e. The number of carboxylic acids is 1. The van der Waals surface area contributed by atoms with E-state index < -0.39 is 29.5 Å². The third-order valence-electron chi connectivity index (χ3n) is 3.88. The second kappa shape index (κ2) is 5.50. The minimum absolute atomic E-state index is 0.0386. The van der Waals surface area contributed by atoms with Gasteiger partial charge in [-0.15, -0.1) is 0 Å². The van der Waals surface area contributed by atoms with Crippen molar-refractivity contribution < 1.29 is 32.2 Å². The van der Waals surface area contributed by atoms with Gasteiger partial charge in [-0.1, -0.05) is 32.9 Å². The SMILES string of the molecule is CC(C)(C)c1ccc2c(c1)OC(C(F)(F)C(C)(F)F)C(C(=O)O)=C2. The van der Waals surface area contributed by atoms with Crippen LogP contribution in [-0.2, 0) is 10.2 Å². The van der Waals surface area contributed by atoms with E-state index in [1.165, 1.54) is 12.1 Å². The van der Waals surface area contributed by atoms with Gasteiger partial charge in [0.15, 0.2) is 0 Å². The fourth-order valence-corrected chi connectivity index (χ4v) is 2.33. The molecule has 0 saturated carbocycles. The molecule has 1 aromatic carbocycles. The highest BCUT2D eigenvalue weighted by molar-refractivity contribution is 5.95. The molecule has 132 valence electrons. The van der Waals surface area contributed by atoms with Gasteiger partial charge >= 0.3 is 17.8 Å². The van der Waals surface area contributed by atoms with Crippen molar-refractivity contribution in [1.82, 2.24) is 0 Å². The van der Waals surface area contributed by atoms with Crippen molar-refractivity contribution in [1.29, 1.82) is 0 Å². The summed E-state index contributed by atoms with van der Waals surface area (Å²) in [6.45, 7) is 5.71. The Balaban J connectivity index is 2.58. The van der Waals surface area contributed by atoms with E-state index in [1.807, 2.05) is 20.8 Å². The van der Waals surface area contributed by atoms with Gasteiger partial charge in [-0.2, -0.15) is 8.78 Å². The molecule has 1 atom stereocenters. The van der Waals surface area contributed by atoms with Crippen LogP contribution in [0, 0.1) is 0 Å². The van der Waals surface area contributed by atoms with E-state index in [0.717, 1.165) is 11.6 Å². The third kappa shape index (κ3) is 3.12. The first-order valence-corrected chi connectivity index (χ1v) is 7.27. The summed E-state index contributed by atoms with van der Waals surface area (Å²) in [6.07, 6.45) is -1.62. The average Bonchev–Trinajstić information content (AvgIpc) is 2.42. The first-order chi connectivity index (χ1) is 10.7. The van der Waals surface area contributed by atoms with E-state index in [-0.39, 0.29) is 23.7 Å². The smallest absolute Gasteiger partial charge is 0.350 e. The van der Waals surface area contributed by atoms with Crippen LogP contribution in [0.5, 0.6) is 5.75 Å². The fourth-order valence-electron chi connectivity index (χ4n) is 2.33. The molecular weight excluding hydrogens is 328 g/mol. The molecule has 0 bridgehead atoms. The molecule has 1 heterocycles. The lowest BCUT2D eigenvalue weighted by atomic mass is 9.85. The summed E-state index contributed by atoms with van der Waals surface area (Å²) < 4.78 is 59.8. The highest BCUT2D eigenvalue weighted by Gasteiger charge is 2.62. The average molecular weight is 346 g/mol. The number of carbonyl (C=O) groups is 1. The summed E-state index contributed by atoms with van der Waals surface area (Å²) in [5, 5.41) is 9.12. The van der Waals surface area contributed by atoms with Crippen molar-refractivity contribution >= 4 is 12.0 Å². The summed E-state index contributed by atoms with van der Waals surface area (Å²) >= 11 is 0. The van der Waals surface area contributed by atoms with Gasteiger partial charge in [-0.25, -0.2) is 13.6 Å². The monoisotopic (exact) mass is 346 g/mol. The van der Waals surface area contributed by atoms with Crippen LogP contribution >= 0.6 is 0 Å². The highest BCUT2D eigenvalue weighted by Crippen LogP contribution is 2.44. The summed E-state index contributed by atoms with van der Waals surface area (Å²) in [6, 6.07) is 4.71. The second-order valence-corrected chi connectivity index (χ2v) is 6.92. The molecule has 1 unspecified atom stereocenters. The minimum Gasteiger partial charge on any atom is -0.478 e. The van der Waals surface area contributed by atoms with Gasteiger partial charge in [0.2, 0.25) is 6.10 Å². The number of hydrogen-bond donors (Lipinski definition) is 1. The molecule has 0 radical (unpaired) electrons. The van der Waals surface area contributed by atoms with Crippen LogP contribution in [0.15, 0.2) is 23.8 Å². The third-order valence-corrected chi connectivity index (χ3v) is 3.88. The Morgan fingerprint density at radius 1 is 1.12 bits per heavy atom. The predicted molar refractivity (Wildman–Crippen MR) is 80.7 cm³/mol. The molecule has 1 aromatic rings. The van der Waals surface area contributed by atoms with Crippen LogP contribution in [0.25, 0.3) is 6.08 Å². The van der Waals surface area contributed by atoms with Crippen molar-refractivity contribution in [2.24, 2.45) is 0 Å². The molecule has 24 heavy (non-hydrogen) atoms. The predicted octanol–water partition coefficient (Wildman–Crippen LogP) is 4.50.